The second-order valence-corrected chi connectivity index (χ2v) is 5.84. The molecule has 2 N–H and O–H groups in total. The van der Waals surface area contributed by atoms with Gasteiger partial charge in [-0.15, -0.1) is 11.3 Å². The molecule has 94 valence electrons. The molecule has 1 aromatic rings. The molecule has 0 bridgehead atoms. The van der Waals surface area contributed by atoms with Crippen LogP contribution in [0.3, 0.4) is 0 Å². The molecule has 0 radical (unpaired) electrons. The lowest BCUT2D eigenvalue weighted by Crippen LogP contribution is -2.37. The van der Waals surface area contributed by atoms with Crippen molar-refractivity contribution in [1.29, 1.82) is 0 Å². The van der Waals surface area contributed by atoms with Crippen LogP contribution in [-0.2, 0) is 4.79 Å². The van der Waals surface area contributed by atoms with Crippen molar-refractivity contribution in [3.05, 3.63) is 22.4 Å². The smallest absolute Gasteiger partial charge is 0.244 e. The zero-order valence-electron chi connectivity index (χ0n) is 10.3. The molecule has 1 aromatic heterocycles. The van der Waals surface area contributed by atoms with Gasteiger partial charge >= 0.3 is 0 Å². The highest BCUT2D eigenvalue weighted by molar-refractivity contribution is 7.10. The van der Waals surface area contributed by atoms with E-state index in [1.54, 1.807) is 16.2 Å². The van der Waals surface area contributed by atoms with Gasteiger partial charge in [0.1, 0.15) is 6.04 Å². The van der Waals surface area contributed by atoms with E-state index in [0.717, 1.165) is 11.4 Å². The number of hydrogen-bond acceptors (Lipinski definition) is 3. The van der Waals surface area contributed by atoms with Crippen molar-refractivity contribution in [2.45, 2.75) is 31.7 Å². The predicted octanol–water partition coefficient (Wildman–Crippen LogP) is 2.40. The van der Waals surface area contributed by atoms with Gasteiger partial charge in [-0.2, -0.15) is 0 Å². The number of thiophene rings is 1. The summed E-state index contributed by atoms with van der Waals surface area (Å²) in [6.07, 6.45) is 5.13. The standard InChI is InChI=1S/C13H20N2OS/c1-15(9-10-5-2-3-6-10)13(16)12(14)11-7-4-8-17-11/h4,7-8,10,12H,2-3,5-6,9,14H2,1H3. The maximum absolute atomic E-state index is 12.1. The highest BCUT2D eigenvalue weighted by Crippen LogP contribution is 2.26. The van der Waals surface area contributed by atoms with Crippen molar-refractivity contribution >= 4 is 17.2 Å². The SMILES string of the molecule is CN(CC1CCCC1)C(=O)C(N)c1cccs1. The Morgan fingerprint density at radius 1 is 1.59 bits per heavy atom. The molecule has 17 heavy (non-hydrogen) atoms. The third kappa shape index (κ3) is 3.07. The Kier molecular flexibility index (Phi) is 4.18. The van der Waals surface area contributed by atoms with Crippen LogP contribution in [0.25, 0.3) is 0 Å². The normalized spacial score (nSPS) is 18.2. The first-order chi connectivity index (χ1) is 8.18. The van der Waals surface area contributed by atoms with E-state index in [0.29, 0.717) is 5.92 Å². The molecule has 0 aromatic carbocycles. The van der Waals surface area contributed by atoms with Gasteiger partial charge in [0.25, 0.3) is 0 Å². The van der Waals surface area contributed by atoms with Crippen LogP contribution in [0.4, 0.5) is 0 Å². The van der Waals surface area contributed by atoms with Crippen LogP contribution in [-0.4, -0.2) is 24.4 Å². The molecule has 3 nitrogen and oxygen atoms in total. The first-order valence-corrected chi connectivity index (χ1v) is 7.10. The molecule has 1 unspecified atom stereocenters. The van der Waals surface area contributed by atoms with E-state index >= 15 is 0 Å². The molecule has 1 aliphatic carbocycles. The second kappa shape index (κ2) is 5.65. The van der Waals surface area contributed by atoms with Crippen molar-refractivity contribution in [2.24, 2.45) is 11.7 Å². The highest BCUT2D eigenvalue weighted by atomic mass is 32.1. The predicted molar refractivity (Wildman–Crippen MR) is 70.8 cm³/mol. The fourth-order valence-corrected chi connectivity index (χ4v) is 3.22. The molecular weight excluding hydrogens is 232 g/mol. The zero-order valence-corrected chi connectivity index (χ0v) is 11.1. The number of rotatable bonds is 4. The van der Waals surface area contributed by atoms with Crippen LogP contribution in [0.1, 0.15) is 36.6 Å². The summed E-state index contributed by atoms with van der Waals surface area (Å²) in [6.45, 7) is 0.859. The number of likely N-dealkylation sites (N-methyl/N-ethyl adjacent to an activating group) is 1. The van der Waals surface area contributed by atoms with E-state index < -0.39 is 6.04 Å². The van der Waals surface area contributed by atoms with Gasteiger partial charge in [-0.25, -0.2) is 0 Å². The third-order valence-electron chi connectivity index (χ3n) is 3.50. The molecule has 1 atom stereocenters. The van der Waals surface area contributed by atoms with Gasteiger partial charge < -0.3 is 10.6 Å². The van der Waals surface area contributed by atoms with E-state index in [1.807, 2.05) is 24.6 Å². The van der Waals surface area contributed by atoms with Crippen LogP contribution in [0.5, 0.6) is 0 Å². The van der Waals surface area contributed by atoms with Gasteiger partial charge in [-0.05, 0) is 30.2 Å². The topological polar surface area (TPSA) is 46.3 Å². The molecule has 1 fully saturated rings. The Morgan fingerprint density at radius 2 is 2.29 bits per heavy atom. The fraction of sp³-hybridized carbons (Fsp3) is 0.615. The summed E-state index contributed by atoms with van der Waals surface area (Å²) in [4.78, 5) is 14.9. The Labute approximate surface area is 107 Å². The first-order valence-electron chi connectivity index (χ1n) is 6.22. The maximum atomic E-state index is 12.1. The number of nitrogens with two attached hydrogens (primary N) is 1. The first kappa shape index (κ1) is 12.6. The Hall–Kier alpha value is -0.870. The van der Waals surface area contributed by atoms with Gasteiger partial charge in [0.05, 0.1) is 0 Å². The molecule has 1 saturated carbocycles. The minimum Gasteiger partial charge on any atom is -0.344 e. The number of carbonyl (C=O) groups is 1. The van der Waals surface area contributed by atoms with Crippen LogP contribution in [0, 0.1) is 5.92 Å². The average Bonchev–Trinajstić information content (AvgIpc) is 2.99. The average molecular weight is 252 g/mol. The Bertz CT molecular complexity index is 358. The van der Waals surface area contributed by atoms with Crippen LogP contribution in [0.15, 0.2) is 17.5 Å². The number of amides is 1. The quantitative estimate of drug-likeness (QED) is 0.894. The van der Waals surface area contributed by atoms with Crippen LogP contribution < -0.4 is 5.73 Å². The zero-order chi connectivity index (χ0) is 12.3. The largest absolute Gasteiger partial charge is 0.344 e. The summed E-state index contributed by atoms with van der Waals surface area (Å²) < 4.78 is 0. The molecule has 0 aliphatic heterocycles. The summed E-state index contributed by atoms with van der Waals surface area (Å²) in [5.41, 5.74) is 5.98. The van der Waals surface area contributed by atoms with Crippen LogP contribution in [0.2, 0.25) is 0 Å². The lowest BCUT2D eigenvalue weighted by atomic mass is 10.1. The summed E-state index contributed by atoms with van der Waals surface area (Å²) >= 11 is 1.55. The molecule has 1 aliphatic rings. The summed E-state index contributed by atoms with van der Waals surface area (Å²) in [6, 6.07) is 3.38. The third-order valence-corrected chi connectivity index (χ3v) is 4.45. The molecule has 0 spiro atoms. The van der Waals surface area contributed by atoms with Gasteiger partial charge in [0.15, 0.2) is 0 Å². The van der Waals surface area contributed by atoms with E-state index in [-0.39, 0.29) is 5.91 Å². The summed E-state index contributed by atoms with van der Waals surface area (Å²) in [5.74, 6) is 0.721. The van der Waals surface area contributed by atoms with E-state index in [1.165, 1.54) is 25.7 Å². The molecule has 1 heterocycles. The maximum Gasteiger partial charge on any atom is 0.244 e. The van der Waals surface area contributed by atoms with E-state index in [9.17, 15) is 4.79 Å². The molecule has 0 saturated heterocycles. The van der Waals surface area contributed by atoms with E-state index in [4.69, 9.17) is 5.73 Å². The van der Waals surface area contributed by atoms with Gasteiger partial charge in [-0.3, -0.25) is 4.79 Å². The lowest BCUT2D eigenvalue weighted by molar-refractivity contribution is -0.131. The van der Waals surface area contributed by atoms with Crippen LogP contribution >= 0.6 is 11.3 Å². The second-order valence-electron chi connectivity index (χ2n) is 4.86. The minimum atomic E-state index is -0.485. The number of carbonyl (C=O) groups excluding carboxylic acids is 1. The van der Waals surface area contributed by atoms with E-state index in [2.05, 4.69) is 0 Å². The highest BCUT2D eigenvalue weighted by Gasteiger charge is 2.24. The summed E-state index contributed by atoms with van der Waals surface area (Å²) in [5, 5.41) is 1.96. The molecule has 4 heteroatoms. The van der Waals surface area contributed by atoms with Crippen molar-refractivity contribution in [1.82, 2.24) is 4.90 Å². The van der Waals surface area contributed by atoms with Crippen molar-refractivity contribution in [3.8, 4) is 0 Å². The molecule has 2 rings (SSSR count). The van der Waals surface area contributed by atoms with Gasteiger partial charge in [0, 0.05) is 18.5 Å². The summed E-state index contributed by atoms with van der Waals surface area (Å²) in [7, 11) is 1.87. The van der Waals surface area contributed by atoms with Crippen molar-refractivity contribution < 1.29 is 4.79 Å². The fourth-order valence-electron chi connectivity index (χ4n) is 2.50. The number of hydrogen-bond donors (Lipinski definition) is 1. The van der Waals surface area contributed by atoms with Crippen molar-refractivity contribution in [3.63, 3.8) is 0 Å². The Balaban J connectivity index is 1.90. The Morgan fingerprint density at radius 3 is 2.88 bits per heavy atom. The lowest BCUT2D eigenvalue weighted by Gasteiger charge is -2.23. The van der Waals surface area contributed by atoms with Gasteiger partial charge in [-0.1, -0.05) is 18.9 Å². The molecular formula is C13H20N2OS. The number of nitrogens with zero attached hydrogens (tertiary/aromatic N) is 1. The minimum absolute atomic E-state index is 0.0411. The van der Waals surface area contributed by atoms with Crippen molar-refractivity contribution in [2.75, 3.05) is 13.6 Å². The van der Waals surface area contributed by atoms with Gasteiger partial charge in [0.2, 0.25) is 5.91 Å². The molecule has 1 amide bonds. The monoisotopic (exact) mass is 252 g/mol.